The Labute approximate surface area is 180 Å². The molecule has 0 radical (unpaired) electrons. The third-order valence-corrected chi connectivity index (χ3v) is 6.77. The second kappa shape index (κ2) is 10.4. The molecule has 168 valence electrons. The minimum absolute atomic E-state index is 0.328. The highest BCUT2D eigenvalue weighted by molar-refractivity contribution is 5.77. The number of carbonyl (C=O) groups is 1. The molecule has 2 heterocycles. The van der Waals surface area contributed by atoms with E-state index in [1.54, 1.807) is 21.3 Å². The summed E-state index contributed by atoms with van der Waals surface area (Å²) in [4.78, 5) is 18.0. The van der Waals surface area contributed by atoms with Gasteiger partial charge in [0.05, 0.1) is 26.9 Å². The molecular weight excluding hydrogens is 382 g/mol. The molecule has 0 spiro atoms. The Kier molecular flexibility index (Phi) is 7.83. The van der Waals surface area contributed by atoms with Crippen LogP contribution in [0.1, 0.15) is 38.7 Å². The number of piperazine rings is 1. The summed E-state index contributed by atoms with van der Waals surface area (Å²) in [7, 11) is 4.95. The van der Waals surface area contributed by atoms with Crippen molar-refractivity contribution in [3.63, 3.8) is 0 Å². The minimum atomic E-state index is 0.328. The molecule has 2 aliphatic heterocycles. The van der Waals surface area contributed by atoms with Gasteiger partial charge in [-0.05, 0) is 45.2 Å². The van der Waals surface area contributed by atoms with Crippen LogP contribution < -0.4 is 24.0 Å². The van der Waals surface area contributed by atoms with Crippen molar-refractivity contribution in [3.8, 4) is 17.2 Å². The van der Waals surface area contributed by atoms with Gasteiger partial charge in [0.25, 0.3) is 5.91 Å². The number of carbonyl (C=O) groups excluding carboxylic acids is 1. The zero-order valence-corrected chi connectivity index (χ0v) is 19.3. The molecule has 1 amide bonds. The van der Waals surface area contributed by atoms with Crippen molar-refractivity contribution in [1.29, 1.82) is 0 Å². The van der Waals surface area contributed by atoms with Gasteiger partial charge in [-0.2, -0.15) is 0 Å². The fourth-order valence-electron chi connectivity index (χ4n) is 5.10. The summed E-state index contributed by atoms with van der Waals surface area (Å²) in [5.41, 5.74) is 1.13. The molecule has 0 aliphatic carbocycles. The predicted octanol–water partition coefficient (Wildman–Crippen LogP) is -0.215. The van der Waals surface area contributed by atoms with Gasteiger partial charge in [0.2, 0.25) is 5.75 Å². The standard InChI is InChI=1S/C23H37N3O4/c1-17-7-6-8-18(2)26(17)21(27)16-25-13-11-24(12-14-25)15-19-9-10-20(28-3)23(30-5)22(19)29-4/h9-10,17-18H,6-8,11-16H2,1-5H3/p+2/t17-,18+. The molecule has 0 aromatic heterocycles. The highest BCUT2D eigenvalue weighted by Crippen LogP contribution is 2.39. The quantitative estimate of drug-likeness (QED) is 0.640. The maximum Gasteiger partial charge on any atom is 0.278 e. The highest BCUT2D eigenvalue weighted by Gasteiger charge is 2.33. The van der Waals surface area contributed by atoms with Gasteiger partial charge in [-0.1, -0.05) is 0 Å². The normalized spacial score (nSPS) is 26.9. The first-order valence-electron chi connectivity index (χ1n) is 11.2. The maximum atomic E-state index is 12.9. The van der Waals surface area contributed by atoms with Crippen LogP contribution >= 0.6 is 0 Å². The molecule has 1 aromatic rings. The monoisotopic (exact) mass is 421 g/mol. The molecule has 1 aromatic carbocycles. The van der Waals surface area contributed by atoms with Crippen LogP contribution in [0.15, 0.2) is 12.1 Å². The Hall–Kier alpha value is -1.99. The van der Waals surface area contributed by atoms with Crippen LogP contribution in [0, 0.1) is 0 Å². The first kappa shape index (κ1) is 22.7. The summed E-state index contributed by atoms with van der Waals surface area (Å²) >= 11 is 0. The second-order valence-electron chi connectivity index (χ2n) is 8.78. The van der Waals surface area contributed by atoms with Crippen LogP contribution in [0.5, 0.6) is 17.2 Å². The van der Waals surface area contributed by atoms with E-state index < -0.39 is 0 Å². The molecule has 7 nitrogen and oxygen atoms in total. The molecule has 7 heteroatoms. The Morgan fingerprint density at radius 2 is 1.53 bits per heavy atom. The molecule has 2 atom stereocenters. The molecule has 3 rings (SSSR count). The molecular formula is C23H39N3O4+2. The first-order chi connectivity index (χ1) is 14.5. The topological polar surface area (TPSA) is 56.9 Å². The number of rotatable bonds is 7. The number of amides is 1. The Morgan fingerprint density at radius 1 is 0.933 bits per heavy atom. The molecule has 0 bridgehead atoms. The lowest BCUT2D eigenvalue weighted by molar-refractivity contribution is -1.02. The van der Waals surface area contributed by atoms with E-state index in [1.165, 1.54) is 16.2 Å². The van der Waals surface area contributed by atoms with E-state index in [0.717, 1.165) is 56.9 Å². The second-order valence-corrected chi connectivity index (χ2v) is 8.78. The number of nitrogens with zero attached hydrogens (tertiary/aromatic N) is 1. The largest absolute Gasteiger partial charge is 0.493 e. The van der Waals surface area contributed by atoms with Crippen LogP contribution in [0.25, 0.3) is 0 Å². The summed E-state index contributed by atoms with van der Waals surface area (Å²) in [6, 6.07) is 4.77. The number of ether oxygens (including phenoxy) is 3. The number of likely N-dealkylation sites (tertiary alicyclic amines) is 1. The van der Waals surface area contributed by atoms with Gasteiger partial charge in [-0.3, -0.25) is 4.79 Å². The van der Waals surface area contributed by atoms with Crippen molar-refractivity contribution < 1.29 is 28.8 Å². The average molecular weight is 422 g/mol. The fourth-order valence-corrected chi connectivity index (χ4v) is 5.10. The number of piperidine rings is 1. The molecule has 2 saturated heterocycles. The van der Waals surface area contributed by atoms with Crippen LogP contribution in [0.3, 0.4) is 0 Å². The number of nitrogens with one attached hydrogen (secondary N) is 2. The van der Waals surface area contributed by atoms with Gasteiger partial charge in [-0.15, -0.1) is 0 Å². The number of methoxy groups -OCH3 is 3. The van der Waals surface area contributed by atoms with E-state index >= 15 is 0 Å². The Bertz CT molecular complexity index is 709. The van der Waals surface area contributed by atoms with E-state index in [-0.39, 0.29) is 0 Å². The van der Waals surface area contributed by atoms with Crippen LogP contribution in [0.2, 0.25) is 0 Å². The number of benzene rings is 1. The van der Waals surface area contributed by atoms with E-state index in [4.69, 9.17) is 14.2 Å². The van der Waals surface area contributed by atoms with Crippen molar-refractivity contribution in [2.75, 3.05) is 54.1 Å². The first-order valence-corrected chi connectivity index (χ1v) is 11.2. The Balaban J connectivity index is 1.55. The van der Waals surface area contributed by atoms with E-state index in [1.807, 2.05) is 6.07 Å². The van der Waals surface area contributed by atoms with Crippen molar-refractivity contribution in [2.24, 2.45) is 0 Å². The van der Waals surface area contributed by atoms with Gasteiger partial charge in [0.15, 0.2) is 18.0 Å². The maximum absolute atomic E-state index is 12.9. The molecule has 2 N–H and O–H groups in total. The van der Waals surface area contributed by atoms with Gasteiger partial charge < -0.3 is 28.9 Å². The highest BCUT2D eigenvalue weighted by atomic mass is 16.5. The van der Waals surface area contributed by atoms with Gasteiger partial charge in [0.1, 0.15) is 32.7 Å². The number of quaternary nitrogens is 2. The van der Waals surface area contributed by atoms with E-state index in [2.05, 4.69) is 24.8 Å². The lowest BCUT2D eigenvalue weighted by atomic mass is 9.97. The number of hydrogen-bond donors (Lipinski definition) is 2. The summed E-state index contributed by atoms with van der Waals surface area (Å²) in [6.07, 6.45) is 3.51. The third kappa shape index (κ3) is 5.01. The van der Waals surface area contributed by atoms with Gasteiger partial charge in [0, 0.05) is 12.1 Å². The van der Waals surface area contributed by atoms with Crippen molar-refractivity contribution in [2.45, 2.75) is 51.7 Å². The Morgan fingerprint density at radius 3 is 2.10 bits per heavy atom. The van der Waals surface area contributed by atoms with Crippen molar-refractivity contribution >= 4 is 5.91 Å². The van der Waals surface area contributed by atoms with Crippen LogP contribution in [-0.4, -0.2) is 76.9 Å². The van der Waals surface area contributed by atoms with Crippen LogP contribution in [0.4, 0.5) is 0 Å². The summed E-state index contributed by atoms with van der Waals surface area (Å²) in [6.45, 7) is 10.0. The summed E-state index contributed by atoms with van der Waals surface area (Å²) < 4.78 is 16.5. The van der Waals surface area contributed by atoms with E-state index in [0.29, 0.717) is 36.0 Å². The molecule has 0 saturated carbocycles. The average Bonchev–Trinajstić information content (AvgIpc) is 2.74. The lowest BCUT2D eigenvalue weighted by Gasteiger charge is -2.40. The third-order valence-electron chi connectivity index (χ3n) is 6.77. The predicted molar refractivity (Wildman–Crippen MR) is 116 cm³/mol. The molecule has 2 fully saturated rings. The molecule has 0 unspecified atom stereocenters. The van der Waals surface area contributed by atoms with Crippen molar-refractivity contribution in [3.05, 3.63) is 17.7 Å². The zero-order valence-electron chi connectivity index (χ0n) is 19.3. The zero-order chi connectivity index (χ0) is 21.7. The smallest absolute Gasteiger partial charge is 0.278 e. The minimum Gasteiger partial charge on any atom is -0.493 e. The van der Waals surface area contributed by atoms with E-state index in [9.17, 15) is 4.79 Å². The fraction of sp³-hybridized carbons (Fsp3) is 0.696. The SMILES string of the molecule is COc1ccc(C[NH+]2CC[NH+](CC(=O)N3[C@H](C)CCC[C@@H]3C)CC2)c(OC)c1OC. The van der Waals surface area contributed by atoms with Gasteiger partial charge in [-0.25, -0.2) is 0 Å². The van der Waals surface area contributed by atoms with Gasteiger partial charge >= 0.3 is 0 Å². The molecule has 30 heavy (non-hydrogen) atoms. The lowest BCUT2D eigenvalue weighted by Crippen LogP contribution is -3.28. The van der Waals surface area contributed by atoms with Crippen molar-refractivity contribution in [1.82, 2.24) is 4.90 Å². The summed E-state index contributed by atoms with van der Waals surface area (Å²) in [5.74, 6) is 2.41. The summed E-state index contributed by atoms with van der Waals surface area (Å²) in [5, 5.41) is 0. The van der Waals surface area contributed by atoms with Crippen LogP contribution in [-0.2, 0) is 11.3 Å². The molecule has 2 aliphatic rings. The number of hydrogen-bond acceptors (Lipinski definition) is 4.